The standard InChI is InChI=1S/C18H19NO3/c1-11-5-7-14(16(9-11)21-4)17-13-8-6-12(19(2)3)10-15(13)18(20)22-17/h5-10,17H,1-4H3. The molecular formula is C18H19NO3. The molecule has 0 radical (unpaired) electrons. The van der Waals surface area contributed by atoms with Crippen LogP contribution < -0.4 is 9.64 Å². The number of hydrogen-bond acceptors (Lipinski definition) is 4. The number of ether oxygens (including phenoxy) is 2. The molecule has 2 aromatic carbocycles. The third kappa shape index (κ3) is 2.30. The molecule has 22 heavy (non-hydrogen) atoms. The molecule has 1 atom stereocenters. The van der Waals surface area contributed by atoms with Crippen LogP contribution in [0.2, 0.25) is 0 Å². The number of rotatable bonds is 3. The highest BCUT2D eigenvalue weighted by Crippen LogP contribution is 2.41. The molecule has 0 saturated heterocycles. The number of carbonyl (C=O) groups is 1. The summed E-state index contributed by atoms with van der Waals surface area (Å²) in [5.41, 5.74) is 4.47. The maximum Gasteiger partial charge on any atom is 0.339 e. The first-order valence-electron chi connectivity index (χ1n) is 7.18. The number of cyclic esters (lactones) is 1. The van der Waals surface area contributed by atoms with Crippen LogP contribution in [0.4, 0.5) is 5.69 Å². The Bertz CT molecular complexity index is 737. The SMILES string of the molecule is COc1cc(C)ccc1C1OC(=O)c2cc(N(C)C)ccc21. The predicted octanol–water partition coefficient (Wildman–Crippen LogP) is 3.33. The zero-order valence-electron chi connectivity index (χ0n) is 13.2. The molecule has 0 aliphatic carbocycles. The van der Waals surface area contributed by atoms with E-state index in [0.29, 0.717) is 5.56 Å². The van der Waals surface area contributed by atoms with Crippen LogP contribution in [-0.2, 0) is 4.74 Å². The number of nitrogens with zero attached hydrogens (tertiary/aromatic N) is 1. The Morgan fingerprint density at radius 3 is 2.50 bits per heavy atom. The molecule has 0 N–H and O–H groups in total. The van der Waals surface area contributed by atoms with Crippen LogP contribution in [0.5, 0.6) is 5.75 Å². The summed E-state index contributed by atoms with van der Waals surface area (Å²) >= 11 is 0. The molecule has 4 heteroatoms. The van der Waals surface area contributed by atoms with Gasteiger partial charge in [0.05, 0.1) is 12.7 Å². The molecular weight excluding hydrogens is 278 g/mol. The van der Waals surface area contributed by atoms with Crippen LogP contribution in [0, 0.1) is 6.92 Å². The van der Waals surface area contributed by atoms with E-state index in [-0.39, 0.29) is 5.97 Å². The summed E-state index contributed by atoms with van der Waals surface area (Å²) in [5, 5.41) is 0. The van der Waals surface area contributed by atoms with Crippen molar-refractivity contribution in [3.8, 4) is 5.75 Å². The Balaban J connectivity index is 2.09. The molecule has 1 unspecified atom stereocenters. The van der Waals surface area contributed by atoms with Gasteiger partial charge in [0, 0.05) is 30.9 Å². The maximum absolute atomic E-state index is 12.2. The van der Waals surface area contributed by atoms with E-state index < -0.39 is 6.10 Å². The number of aryl methyl sites for hydroxylation is 1. The molecule has 0 spiro atoms. The van der Waals surface area contributed by atoms with Gasteiger partial charge in [-0.2, -0.15) is 0 Å². The largest absolute Gasteiger partial charge is 0.496 e. The van der Waals surface area contributed by atoms with Gasteiger partial charge in [0.25, 0.3) is 0 Å². The lowest BCUT2D eigenvalue weighted by Crippen LogP contribution is -2.09. The number of esters is 1. The minimum atomic E-state index is -0.408. The molecule has 1 heterocycles. The van der Waals surface area contributed by atoms with Gasteiger partial charge in [-0.1, -0.05) is 18.2 Å². The van der Waals surface area contributed by atoms with Crippen LogP contribution in [0.3, 0.4) is 0 Å². The maximum atomic E-state index is 12.2. The van der Waals surface area contributed by atoms with E-state index >= 15 is 0 Å². The van der Waals surface area contributed by atoms with Crippen LogP contribution in [0.25, 0.3) is 0 Å². The molecule has 0 amide bonds. The van der Waals surface area contributed by atoms with Gasteiger partial charge in [-0.05, 0) is 30.7 Å². The van der Waals surface area contributed by atoms with Crippen LogP contribution in [0.1, 0.15) is 33.2 Å². The monoisotopic (exact) mass is 297 g/mol. The smallest absolute Gasteiger partial charge is 0.339 e. The Labute approximate surface area is 130 Å². The fourth-order valence-electron chi connectivity index (χ4n) is 2.73. The van der Waals surface area contributed by atoms with Crippen LogP contribution >= 0.6 is 0 Å². The Kier molecular flexibility index (Phi) is 3.53. The van der Waals surface area contributed by atoms with Crippen molar-refractivity contribution in [2.24, 2.45) is 0 Å². The predicted molar refractivity (Wildman–Crippen MR) is 85.8 cm³/mol. The van der Waals surface area contributed by atoms with Crippen molar-refractivity contribution < 1.29 is 14.3 Å². The summed E-state index contributed by atoms with van der Waals surface area (Å²) in [5.74, 6) is 0.452. The molecule has 1 aliphatic rings. The second kappa shape index (κ2) is 5.37. The lowest BCUT2D eigenvalue weighted by molar-refractivity contribution is 0.0452. The molecule has 2 aromatic rings. The second-order valence-corrected chi connectivity index (χ2v) is 5.70. The Hall–Kier alpha value is -2.49. The lowest BCUT2D eigenvalue weighted by Gasteiger charge is -2.16. The van der Waals surface area contributed by atoms with Gasteiger partial charge < -0.3 is 14.4 Å². The van der Waals surface area contributed by atoms with Gasteiger partial charge in [-0.15, -0.1) is 0 Å². The van der Waals surface area contributed by atoms with Crippen molar-refractivity contribution in [1.82, 2.24) is 0 Å². The summed E-state index contributed by atoms with van der Waals surface area (Å²) in [4.78, 5) is 14.2. The minimum absolute atomic E-state index is 0.286. The normalized spacial score (nSPS) is 16.2. The molecule has 0 bridgehead atoms. The molecule has 4 nitrogen and oxygen atoms in total. The number of methoxy groups -OCH3 is 1. The van der Waals surface area contributed by atoms with Gasteiger partial charge in [-0.3, -0.25) is 0 Å². The molecule has 0 saturated carbocycles. The fraction of sp³-hybridized carbons (Fsp3) is 0.278. The molecule has 0 fully saturated rings. The van der Waals surface area contributed by atoms with Crippen LogP contribution in [0.15, 0.2) is 36.4 Å². The van der Waals surface area contributed by atoms with Crippen molar-refractivity contribution in [1.29, 1.82) is 0 Å². The van der Waals surface area contributed by atoms with Crippen molar-refractivity contribution in [3.05, 3.63) is 58.7 Å². The third-order valence-corrected chi connectivity index (χ3v) is 3.95. The highest BCUT2D eigenvalue weighted by molar-refractivity contribution is 5.95. The summed E-state index contributed by atoms with van der Waals surface area (Å²) in [6.07, 6.45) is -0.408. The van der Waals surface area contributed by atoms with E-state index in [9.17, 15) is 4.79 Å². The first-order chi connectivity index (χ1) is 10.5. The highest BCUT2D eigenvalue weighted by atomic mass is 16.6. The summed E-state index contributed by atoms with van der Waals surface area (Å²) in [6, 6.07) is 11.7. The molecule has 1 aliphatic heterocycles. The van der Waals surface area contributed by atoms with Crippen molar-refractivity contribution >= 4 is 11.7 Å². The van der Waals surface area contributed by atoms with Gasteiger partial charge in [0.2, 0.25) is 0 Å². The minimum Gasteiger partial charge on any atom is -0.496 e. The van der Waals surface area contributed by atoms with Gasteiger partial charge in [-0.25, -0.2) is 4.79 Å². The topological polar surface area (TPSA) is 38.8 Å². The lowest BCUT2D eigenvalue weighted by atomic mass is 9.97. The molecule has 3 rings (SSSR count). The summed E-state index contributed by atoms with van der Waals surface area (Å²) in [7, 11) is 5.52. The summed E-state index contributed by atoms with van der Waals surface area (Å²) < 4.78 is 11.0. The fourth-order valence-corrected chi connectivity index (χ4v) is 2.73. The number of carbonyl (C=O) groups excluding carboxylic acids is 1. The Morgan fingerprint density at radius 1 is 1.09 bits per heavy atom. The van der Waals surface area contributed by atoms with Crippen molar-refractivity contribution in [2.45, 2.75) is 13.0 Å². The first kappa shape index (κ1) is 14.4. The molecule has 114 valence electrons. The second-order valence-electron chi connectivity index (χ2n) is 5.70. The summed E-state index contributed by atoms with van der Waals surface area (Å²) in [6.45, 7) is 2.00. The zero-order valence-corrected chi connectivity index (χ0v) is 13.2. The average Bonchev–Trinajstić information content (AvgIpc) is 2.83. The van der Waals surface area contributed by atoms with Gasteiger partial charge in [0.15, 0.2) is 6.10 Å². The van der Waals surface area contributed by atoms with E-state index in [0.717, 1.165) is 28.1 Å². The zero-order chi connectivity index (χ0) is 15.9. The van der Waals surface area contributed by atoms with Crippen LogP contribution in [-0.4, -0.2) is 27.2 Å². The van der Waals surface area contributed by atoms with E-state index in [1.807, 2.05) is 62.3 Å². The van der Waals surface area contributed by atoms with Crippen molar-refractivity contribution in [2.75, 3.05) is 26.1 Å². The van der Waals surface area contributed by atoms with Gasteiger partial charge >= 0.3 is 5.97 Å². The van der Waals surface area contributed by atoms with E-state index in [1.165, 1.54) is 0 Å². The first-order valence-corrected chi connectivity index (χ1v) is 7.18. The van der Waals surface area contributed by atoms with E-state index in [1.54, 1.807) is 7.11 Å². The van der Waals surface area contributed by atoms with E-state index in [4.69, 9.17) is 9.47 Å². The quantitative estimate of drug-likeness (QED) is 0.815. The number of anilines is 1. The average molecular weight is 297 g/mol. The van der Waals surface area contributed by atoms with Gasteiger partial charge in [0.1, 0.15) is 5.75 Å². The third-order valence-electron chi connectivity index (χ3n) is 3.95. The number of fused-ring (bicyclic) bond motifs is 1. The Morgan fingerprint density at radius 2 is 1.82 bits per heavy atom. The van der Waals surface area contributed by atoms with Crippen molar-refractivity contribution in [3.63, 3.8) is 0 Å². The number of hydrogen-bond donors (Lipinski definition) is 0. The number of benzene rings is 2. The van der Waals surface area contributed by atoms with E-state index in [2.05, 4.69) is 0 Å². The molecule has 0 aromatic heterocycles. The highest BCUT2D eigenvalue weighted by Gasteiger charge is 2.34.